The molecule has 48 heavy (non-hydrogen) atoms. The Morgan fingerprint density at radius 3 is 1.50 bits per heavy atom. The molecule has 0 unspecified atom stereocenters. The fourth-order valence-corrected chi connectivity index (χ4v) is 5.69. The first kappa shape index (κ1) is 46.3. The van der Waals surface area contributed by atoms with Crippen LogP contribution in [0.25, 0.3) is 0 Å². The number of allylic oxidation sites excluding steroid dienone is 6. The monoisotopic (exact) mass is 698 g/mol. The summed E-state index contributed by atoms with van der Waals surface area (Å²) in [5.41, 5.74) is 0. The second-order valence-electron chi connectivity index (χ2n) is 12.9. The summed E-state index contributed by atoms with van der Waals surface area (Å²) in [6.07, 6.45) is 40.0. The lowest BCUT2D eigenvalue weighted by Gasteiger charge is -2.18. The molecule has 8 nitrogen and oxygen atoms in total. The maximum atomic E-state index is 12.4. The normalized spacial score (nSPS) is 12.8. The standard InChI is InChI=1S/C39H71O8P/c1-3-5-7-9-11-13-15-17-19-21-23-25-27-29-31-33-38(40)45-35-37(36-46-48(42,43)44)47-39(41)34-32-30-28-26-24-22-20-18-16-14-12-10-8-6-4-2/h5,7,11,13,17,19,37H,3-4,6,8-10,12,14-16,18,20-36H2,1-2H3,(H2,42,43,44)/b7-5-,13-11-,19-17-/t37-/m1/s1. The molecule has 0 amide bonds. The summed E-state index contributed by atoms with van der Waals surface area (Å²) in [5.74, 6) is -0.901. The van der Waals surface area contributed by atoms with Crippen LogP contribution in [0.3, 0.4) is 0 Å². The van der Waals surface area contributed by atoms with Crippen molar-refractivity contribution in [3.05, 3.63) is 36.5 Å². The van der Waals surface area contributed by atoms with Gasteiger partial charge in [-0.05, 0) is 44.9 Å². The molecule has 0 saturated carbocycles. The summed E-state index contributed by atoms with van der Waals surface area (Å²) in [7, 11) is -4.75. The number of hydrogen-bond donors (Lipinski definition) is 2. The van der Waals surface area contributed by atoms with Gasteiger partial charge in [0.05, 0.1) is 6.61 Å². The number of ether oxygens (including phenoxy) is 2. The first-order valence-corrected chi connectivity index (χ1v) is 20.8. The number of phosphoric ester groups is 1. The number of esters is 2. The third-order valence-corrected chi connectivity index (χ3v) is 8.66. The highest BCUT2D eigenvalue weighted by molar-refractivity contribution is 7.46. The van der Waals surface area contributed by atoms with Crippen LogP contribution in [0.4, 0.5) is 0 Å². The molecule has 1 atom stereocenters. The quantitative estimate of drug-likeness (QED) is 0.0290. The molecule has 0 aromatic heterocycles. The van der Waals surface area contributed by atoms with E-state index in [1.807, 2.05) is 0 Å². The zero-order valence-electron chi connectivity index (χ0n) is 30.6. The fraction of sp³-hybridized carbons (Fsp3) is 0.795. The maximum Gasteiger partial charge on any atom is 0.469 e. The van der Waals surface area contributed by atoms with E-state index in [1.165, 1.54) is 70.6 Å². The lowest BCUT2D eigenvalue weighted by molar-refractivity contribution is -0.161. The highest BCUT2D eigenvalue weighted by Gasteiger charge is 2.22. The Kier molecular flexibility index (Phi) is 33.8. The van der Waals surface area contributed by atoms with Crippen molar-refractivity contribution >= 4 is 19.8 Å². The maximum absolute atomic E-state index is 12.4. The molecule has 9 heteroatoms. The SMILES string of the molecule is CC/C=C\C/C=C\C/C=C\CCCCCCCC(=O)OC[C@H](COP(=O)(O)O)OC(=O)CCCCCCCCCCCCCCCCC. The van der Waals surface area contributed by atoms with Crippen molar-refractivity contribution in [2.75, 3.05) is 13.2 Å². The highest BCUT2D eigenvalue weighted by atomic mass is 31.2. The van der Waals surface area contributed by atoms with Crippen molar-refractivity contribution in [3.8, 4) is 0 Å². The van der Waals surface area contributed by atoms with Crippen molar-refractivity contribution in [3.63, 3.8) is 0 Å². The van der Waals surface area contributed by atoms with Gasteiger partial charge in [-0.3, -0.25) is 14.1 Å². The average molecular weight is 699 g/mol. The average Bonchev–Trinajstić information content (AvgIpc) is 3.05. The summed E-state index contributed by atoms with van der Waals surface area (Å²) in [6.45, 7) is 3.56. The van der Waals surface area contributed by atoms with E-state index in [0.717, 1.165) is 70.6 Å². The zero-order valence-corrected chi connectivity index (χ0v) is 31.5. The minimum Gasteiger partial charge on any atom is -0.462 e. The summed E-state index contributed by atoms with van der Waals surface area (Å²) >= 11 is 0. The molecule has 0 aromatic carbocycles. The Morgan fingerprint density at radius 1 is 0.562 bits per heavy atom. The van der Waals surface area contributed by atoms with Crippen LogP contribution in [-0.4, -0.2) is 41.0 Å². The minimum absolute atomic E-state index is 0.211. The zero-order chi connectivity index (χ0) is 35.4. The molecule has 0 bridgehead atoms. The Bertz CT molecular complexity index is 879. The second kappa shape index (κ2) is 35.1. The van der Waals surface area contributed by atoms with Crippen molar-refractivity contribution in [1.82, 2.24) is 0 Å². The van der Waals surface area contributed by atoms with Gasteiger partial charge in [-0.1, -0.05) is 159 Å². The van der Waals surface area contributed by atoms with Crippen molar-refractivity contribution in [2.24, 2.45) is 0 Å². The molecule has 0 aliphatic rings. The largest absolute Gasteiger partial charge is 0.469 e. The predicted octanol–water partition coefficient (Wildman–Crippen LogP) is 11.4. The first-order valence-electron chi connectivity index (χ1n) is 19.3. The van der Waals surface area contributed by atoms with E-state index in [4.69, 9.17) is 19.3 Å². The van der Waals surface area contributed by atoms with E-state index in [9.17, 15) is 14.2 Å². The molecule has 0 rings (SSSR count). The van der Waals surface area contributed by atoms with Gasteiger partial charge in [0.15, 0.2) is 6.10 Å². The first-order chi connectivity index (χ1) is 23.3. The summed E-state index contributed by atoms with van der Waals surface area (Å²) in [5, 5.41) is 0. The van der Waals surface area contributed by atoms with E-state index < -0.39 is 32.5 Å². The van der Waals surface area contributed by atoms with Crippen LogP contribution in [0, 0.1) is 0 Å². The molecule has 0 aliphatic carbocycles. The predicted molar refractivity (Wildman–Crippen MR) is 198 cm³/mol. The summed E-state index contributed by atoms with van der Waals surface area (Å²) < 4.78 is 26.3. The van der Waals surface area contributed by atoms with E-state index in [0.29, 0.717) is 12.8 Å². The molecule has 0 radical (unpaired) electrons. The molecule has 0 aromatic rings. The van der Waals surface area contributed by atoms with Gasteiger partial charge in [-0.25, -0.2) is 4.57 Å². The third-order valence-electron chi connectivity index (χ3n) is 8.17. The van der Waals surface area contributed by atoms with Crippen molar-refractivity contribution in [1.29, 1.82) is 0 Å². The molecule has 280 valence electrons. The molecular weight excluding hydrogens is 627 g/mol. The Morgan fingerprint density at radius 2 is 1.00 bits per heavy atom. The molecule has 0 aliphatic heterocycles. The number of carbonyl (C=O) groups excluding carboxylic acids is 2. The van der Waals surface area contributed by atoms with Gasteiger partial charge in [-0.2, -0.15) is 0 Å². The Labute approximate surface area is 293 Å². The van der Waals surface area contributed by atoms with Crippen LogP contribution in [-0.2, 0) is 28.2 Å². The Balaban J connectivity index is 3.97. The smallest absolute Gasteiger partial charge is 0.462 e. The highest BCUT2D eigenvalue weighted by Crippen LogP contribution is 2.36. The van der Waals surface area contributed by atoms with Gasteiger partial charge < -0.3 is 19.3 Å². The number of unbranched alkanes of at least 4 members (excludes halogenated alkanes) is 19. The van der Waals surface area contributed by atoms with Gasteiger partial charge in [0.25, 0.3) is 0 Å². The number of hydrogen-bond acceptors (Lipinski definition) is 6. The van der Waals surface area contributed by atoms with E-state index in [1.54, 1.807) is 0 Å². The molecule has 0 saturated heterocycles. The van der Waals surface area contributed by atoms with Gasteiger partial charge in [0.2, 0.25) is 0 Å². The van der Waals surface area contributed by atoms with Gasteiger partial charge >= 0.3 is 19.8 Å². The lowest BCUT2D eigenvalue weighted by Crippen LogP contribution is -2.29. The van der Waals surface area contributed by atoms with Crippen molar-refractivity contribution in [2.45, 2.75) is 187 Å². The molecular formula is C39H71O8P. The van der Waals surface area contributed by atoms with Crippen LogP contribution in [0.1, 0.15) is 181 Å². The van der Waals surface area contributed by atoms with Gasteiger partial charge in [-0.15, -0.1) is 0 Å². The summed E-state index contributed by atoms with van der Waals surface area (Å²) in [6, 6.07) is 0. The van der Waals surface area contributed by atoms with Crippen LogP contribution in [0.5, 0.6) is 0 Å². The van der Waals surface area contributed by atoms with Crippen LogP contribution in [0.2, 0.25) is 0 Å². The van der Waals surface area contributed by atoms with Gasteiger partial charge in [0.1, 0.15) is 6.61 Å². The lowest BCUT2D eigenvalue weighted by atomic mass is 10.0. The van der Waals surface area contributed by atoms with Crippen LogP contribution >= 0.6 is 7.82 Å². The van der Waals surface area contributed by atoms with Crippen LogP contribution < -0.4 is 0 Å². The molecule has 2 N–H and O–H groups in total. The number of carbonyl (C=O) groups is 2. The van der Waals surface area contributed by atoms with E-state index in [-0.39, 0.29) is 19.4 Å². The number of phosphoric acid groups is 1. The van der Waals surface area contributed by atoms with E-state index in [2.05, 4.69) is 54.8 Å². The Hall–Kier alpha value is -1.73. The number of rotatable bonds is 35. The topological polar surface area (TPSA) is 119 Å². The molecule has 0 heterocycles. The second-order valence-corrected chi connectivity index (χ2v) is 14.1. The molecule has 0 spiro atoms. The van der Waals surface area contributed by atoms with Crippen molar-refractivity contribution < 1.29 is 37.9 Å². The third kappa shape index (κ3) is 37.1. The van der Waals surface area contributed by atoms with Crippen LogP contribution in [0.15, 0.2) is 36.5 Å². The molecule has 0 fully saturated rings. The van der Waals surface area contributed by atoms with E-state index >= 15 is 0 Å². The summed E-state index contributed by atoms with van der Waals surface area (Å²) in [4.78, 5) is 42.7. The fourth-order valence-electron chi connectivity index (χ4n) is 5.33. The van der Waals surface area contributed by atoms with Gasteiger partial charge in [0, 0.05) is 12.8 Å². The minimum atomic E-state index is -4.75.